The third kappa shape index (κ3) is 4.09. The van der Waals surface area contributed by atoms with E-state index >= 15 is 0 Å². The second kappa shape index (κ2) is 8.87. The number of nitrogen functional groups attached to an aromatic ring is 1. The number of benzene rings is 2. The molecule has 0 unspecified atom stereocenters. The number of nitrogens with two attached hydrogens (primary N) is 1. The third-order valence-electron chi connectivity index (χ3n) is 6.23. The van der Waals surface area contributed by atoms with Crippen molar-refractivity contribution >= 4 is 51.7 Å². The number of nitrogens with one attached hydrogen (secondary N) is 1. The van der Waals surface area contributed by atoms with Gasteiger partial charge in [0.1, 0.15) is 5.82 Å². The highest BCUT2D eigenvalue weighted by atomic mass is 35.5. The molecule has 0 saturated carbocycles. The predicted octanol–water partition coefficient (Wildman–Crippen LogP) is 4.23. The summed E-state index contributed by atoms with van der Waals surface area (Å²) in [6.07, 6.45) is 4.73. The third-order valence-corrected chi connectivity index (χ3v) is 6.84. The van der Waals surface area contributed by atoms with Gasteiger partial charge in [-0.2, -0.15) is 9.97 Å². The highest BCUT2D eigenvalue weighted by Crippen LogP contribution is 2.31. The molecule has 1 aliphatic rings. The largest absolute Gasteiger partial charge is 0.384 e. The lowest BCUT2D eigenvalue weighted by Gasteiger charge is -2.30. The molecule has 2 aromatic carbocycles. The molecular formula is C24H23Cl2N7O. The average molecular weight is 496 g/mol. The summed E-state index contributed by atoms with van der Waals surface area (Å²) in [5, 5.41) is 4.20. The molecule has 0 amide bonds. The fourth-order valence-corrected chi connectivity index (χ4v) is 4.93. The van der Waals surface area contributed by atoms with E-state index in [0.29, 0.717) is 17.4 Å². The Morgan fingerprint density at radius 1 is 1.12 bits per heavy atom. The van der Waals surface area contributed by atoms with E-state index in [-0.39, 0.29) is 27.2 Å². The van der Waals surface area contributed by atoms with Crippen molar-refractivity contribution in [3.05, 3.63) is 74.3 Å². The SMILES string of the molecule is CN(C)[C@@H]1CCc2cc(Nc3ncc4c(N)n(-c5c(Cl)cccc5Cl)c(=O)nc4n3)ccc2C1. The Morgan fingerprint density at radius 2 is 1.88 bits per heavy atom. The van der Waals surface area contributed by atoms with Gasteiger partial charge in [-0.05, 0) is 68.8 Å². The number of para-hydroxylation sites is 1. The fraction of sp³-hybridized carbons (Fsp3) is 0.250. The molecule has 2 heterocycles. The number of likely N-dealkylation sites (N-methyl/N-ethyl adjacent to an activating group) is 1. The molecule has 10 heteroatoms. The molecule has 0 saturated heterocycles. The molecule has 3 N–H and O–H groups in total. The molecule has 0 bridgehead atoms. The van der Waals surface area contributed by atoms with E-state index < -0.39 is 5.69 Å². The van der Waals surface area contributed by atoms with Crippen molar-refractivity contribution in [3.8, 4) is 5.69 Å². The van der Waals surface area contributed by atoms with Gasteiger partial charge in [0, 0.05) is 17.9 Å². The van der Waals surface area contributed by atoms with Crippen LogP contribution in [-0.4, -0.2) is 44.6 Å². The maximum Gasteiger partial charge on any atom is 0.355 e. The first-order chi connectivity index (χ1) is 16.3. The van der Waals surface area contributed by atoms with Crippen LogP contribution in [0.2, 0.25) is 10.0 Å². The molecular weight excluding hydrogens is 473 g/mol. The van der Waals surface area contributed by atoms with Crippen LogP contribution in [0.25, 0.3) is 16.7 Å². The number of nitrogens with zero attached hydrogens (tertiary/aromatic N) is 5. The molecule has 1 atom stereocenters. The van der Waals surface area contributed by atoms with Gasteiger partial charge in [0.2, 0.25) is 5.95 Å². The lowest BCUT2D eigenvalue weighted by molar-refractivity contribution is 0.268. The monoisotopic (exact) mass is 495 g/mol. The summed E-state index contributed by atoms with van der Waals surface area (Å²) in [5.41, 5.74) is 9.70. The van der Waals surface area contributed by atoms with Gasteiger partial charge < -0.3 is 16.0 Å². The zero-order valence-corrected chi connectivity index (χ0v) is 20.2. The Morgan fingerprint density at radius 3 is 2.62 bits per heavy atom. The van der Waals surface area contributed by atoms with Crippen LogP contribution in [0.1, 0.15) is 17.5 Å². The van der Waals surface area contributed by atoms with Crippen LogP contribution < -0.4 is 16.7 Å². The van der Waals surface area contributed by atoms with Crippen molar-refractivity contribution in [3.63, 3.8) is 0 Å². The first-order valence-corrected chi connectivity index (χ1v) is 11.6. The Balaban J connectivity index is 1.47. The Kier molecular flexibility index (Phi) is 5.89. The van der Waals surface area contributed by atoms with Crippen molar-refractivity contribution in [1.29, 1.82) is 0 Å². The second-order valence-electron chi connectivity index (χ2n) is 8.58. The molecule has 1 aliphatic carbocycles. The summed E-state index contributed by atoms with van der Waals surface area (Å²) in [5.74, 6) is 0.440. The van der Waals surface area contributed by atoms with Crippen molar-refractivity contribution in [2.75, 3.05) is 25.1 Å². The predicted molar refractivity (Wildman–Crippen MR) is 137 cm³/mol. The minimum atomic E-state index is -0.631. The average Bonchev–Trinajstić information content (AvgIpc) is 2.80. The van der Waals surface area contributed by atoms with E-state index in [9.17, 15) is 4.79 Å². The Hall–Kier alpha value is -3.20. The number of hydrogen-bond donors (Lipinski definition) is 2. The highest BCUT2D eigenvalue weighted by Gasteiger charge is 2.21. The number of hydrogen-bond acceptors (Lipinski definition) is 7. The van der Waals surface area contributed by atoms with E-state index in [1.807, 2.05) is 6.07 Å². The van der Waals surface area contributed by atoms with Crippen LogP contribution in [0, 0.1) is 0 Å². The zero-order valence-electron chi connectivity index (χ0n) is 18.7. The molecule has 34 heavy (non-hydrogen) atoms. The van der Waals surface area contributed by atoms with Gasteiger partial charge in [0.25, 0.3) is 0 Å². The normalized spacial score (nSPS) is 15.5. The maximum atomic E-state index is 12.8. The second-order valence-corrected chi connectivity index (χ2v) is 9.40. The smallest absolute Gasteiger partial charge is 0.355 e. The topological polar surface area (TPSA) is 102 Å². The molecule has 174 valence electrons. The van der Waals surface area contributed by atoms with E-state index in [1.165, 1.54) is 21.9 Å². The van der Waals surface area contributed by atoms with Crippen LogP contribution in [0.5, 0.6) is 0 Å². The van der Waals surface area contributed by atoms with E-state index in [0.717, 1.165) is 24.9 Å². The van der Waals surface area contributed by atoms with Crippen LogP contribution >= 0.6 is 23.2 Å². The Labute approximate surface area is 206 Å². The highest BCUT2D eigenvalue weighted by molar-refractivity contribution is 6.37. The number of fused-ring (bicyclic) bond motifs is 2. The Bertz CT molecular complexity index is 1450. The van der Waals surface area contributed by atoms with Gasteiger partial charge in [0.15, 0.2) is 5.65 Å². The van der Waals surface area contributed by atoms with Gasteiger partial charge in [0.05, 0.1) is 21.1 Å². The standard InChI is InChI=1S/C24H23Cl2N7O/c1-32(2)16-9-7-13-10-15(8-6-14(13)11-16)29-23-28-12-17-21(27)33(24(34)31-22(17)30-23)20-18(25)4-3-5-19(20)26/h3-6,8,10,12,16H,7,9,11,27H2,1-2H3,(H,29,30,31,34)/t16-/m1/s1. The van der Waals surface area contributed by atoms with Gasteiger partial charge in [-0.1, -0.05) is 35.3 Å². The molecule has 4 aromatic rings. The van der Waals surface area contributed by atoms with Crippen molar-refractivity contribution in [1.82, 2.24) is 24.4 Å². The lowest BCUT2D eigenvalue weighted by Crippen LogP contribution is -2.33. The van der Waals surface area contributed by atoms with Crippen molar-refractivity contribution < 1.29 is 0 Å². The van der Waals surface area contributed by atoms with Crippen LogP contribution in [0.15, 0.2) is 47.4 Å². The number of halogens is 2. The van der Waals surface area contributed by atoms with Crippen LogP contribution in [-0.2, 0) is 12.8 Å². The summed E-state index contributed by atoms with van der Waals surface area (Å²) in [6, 6.07) is 11.8. The summed E-state index contributed by atoms with van der Waals surface area (Å²) in [4.78, 5) is 28.0. The first-order valence-electron chi connectivity index (χ1n) is 10.9. The maximum absolute atomic E-state index is 12.8. The van der Waals surface area contributed by atoms with Crippen LogP contribution in [0.3, 0.4) is 0 Å². The van der Waals surface area contributed by atoms with Gasteiger partial charge in [-0.15, -0.1) is 0 Å². The lowest BCUT2D eigenvalue weighted by atomic mass is 9.87. The summed E-state index contributed by atoms with van der Waals surface area (Å²) in [6.45, 7) is 0. The van der Waals surface area contributed by atoms with Crippen molar-refractivity contribution in [2.24, 2.45) is 0 Å². The molecule has 8 nitrogen and oxygen atoms in total. The minimum absolute atomic E-state index is 0.112. The van der Waals surface area contributed by atoms with E-state index in [1.54, 1.807) is 18.2 Å². The summed E-state index contributed by atoms with van der Waals surface area (Å²) >= 11 is 12.6. The fourth-order valence-electron chi connectivity index (χ4n) is 4.37. The number of aromatic nitrogens is 4. The van der Waals surface area contributed by atoms with Gasteiger partial charge in [-0.25, -0.2) is 14.3 Å². The van der Waals surface area contributed by atoms with Gasteiger partial charge >= 0.3 is 5.69 Å². The van der Waals surface area contributed by atoms with Gasteiger partial charge in [-0.3, -0.25) is 0 Å². The quantitative estimate of drug-likeness (QED) is 0.436. The molecule has 0 spiro atoms. The molecule has 0 aliphatic heterocycles. The van der Waals surface area contributed by atoms with Crippen LogP contribution in [0.4, 0.5) is 17.5 Å². The van der Waals surface area contributed by atoms with Crippen molar-refractivity contribution in [2.45, 2.75) is 25.3 Å². The molecule has 2 aromatic heterocycles. The molecule has 0 fully saturated rings. The number of aryl methyl sites for hydroxylation is 1. The number of rotatable bonds is 4. The molecule has 5 rings (SSSR count). The molecule has 0 radical (unpaired) electrons. The van der Waals surface area contributed by atoms with E-state index in [2.05, 4.69) is 51.4 Å². The number of anilines is 3. The summed E-state index contributed by atoms with van der Waals surface area (Å²) in [7, 11) is 4.25. The van der Waals surface area contributed by atoms with E-state index in [4.69, 9.17) is 28.9 Å². The summed E-state index contributed by atoms with van der Waals surface area (Å²) < 4.78 is 1.17. The minimum Gasteiger partial charge on any atom is -0.384 e. The zero-order chi connectivity index (χ0) is 24.0. The first kappa shape index (κ1) is 22.6.